The molecule has 1 aromatic carbocycles. The van der Waals surface area contributed by atoms with Crippen LogP contribution in [-0.4, -0.2) is 37.7 Å². The van der Waals surface area contributed by atoms with Crippen LogP contribution in [-0.2, 0) is 4.79 Å². The van der Waals surface area contributed by atoms with Gasteiger partial charge in [0.15, 0.2) is 5.65 Å². The molecule has 0 radical (unpaired) electrons. The molecular formula is C24H29ClN6O. The molecule has 7 nitrogen and oxygen atoms in total. The number of carbonyl (C=O) groups excluding carboxylic acids is 1. The predicted octanol–water partition coefficient (Wildman–Crippen LogP) is 4.84. The average molecular weight is 453 g/mol. The first-order chi connectivity index (χ1) is 15.5. The van der Waals surface area contributed by atoms with Crippen molar-refractivity contribution in [3.05, 3.63) is 41.3 Å². The molecule has 0 bridgehead atoms. The number of aromatic nitrogens is 4. The van der Waals surface area contributed by atoms with Gasteiger partial charge in [-0.2, -0.15) is 5.10 Å². The molecule has 168 valence electrons. The minimum absolute atomic E-state index is 0.183. The van der Waals surface area contributed by atoms with Crippen LogP contribution in [0.4, 0.5) is 5.82 Å². The third kappa shape index (κ3) is 4.31. The molecule has 8 heteroatoms. The number of rotatable bonds is 6. The third-order valence-corrected chi connectivity index (χ3v) is 6.72. The van der Waals surface area contributed by atoms with Crippen LogP contribution in [0.1, 0.15) is 64.1 Å². The van der Waals surface area contributed by atoms with Gasteiger partial charge in [0.2, 0.25) is 5.91 Å². The van der Waals surface area contributed by atoms with E-state index in [1.807, 2.05) is 30.5 Å². The number of hydrogen-bond donors (Lipinski definition) is 2. The molecule has 0 saturated heterocycles. The van der Waals surface area contributed by atoms with Crippen molar-refractivity contribution in [1.82, 2.24) is 25.1 Å². The van der Waals surface area contributed by atoms with Crippen LogP contribution >= 0.6 is 11.6 Å². The van der Waals surface area contributed by atoms with E-state index in [2.05, 4.69) is 29.6 Å². The van der Waals surface area contributed by atoms with Gasteiger partial charge in [-0.05, 0) is 50.7 Å². The van der Waals surface area contributed by atoms with Gasteiger partial charge >= 0.3 is 0 Å². The van der Waals surface area contributed by atoms with Crippen LogP contribution < -0.4 is 10.6 Å². The average Bonchev–Trinajstić information content (AvgIpc) is 3.55. The highest BCUT2D eigenvalue weighted by Crippen LogP contribution is 2.32. The molecule has 2 fully saturated rings. The van der Waals surface area contributed by atoms with Gasteiger partial charge in [-0.25, -0.2) is 14.6 Å². The Morgan fingerprint density at radius 3 is 2.47 bits per heavy atom. The van der Waals surface area contributed by atoms with Gasteiger partial charge in [0, 0.05) is 23.9 Å². The highest BCUT2D eigenvalue weighted by Gasteiger charge is 2.32. The van der Waals surface area contributed by atoms with Crippen LogP contribution in [0, 0.1) is 5.92 Å². The summed E-state index contributed by atoms with van der Waals surface area (Å²) in [6.07, 6.45) is 7.87. The summed E-state index contributed by atoms with van der Waals surface area (Å²) in [5, 5.41) is 13.0. The summed E-state index contributed by atoms with van der Waals surface area (Å²) in [5.74, 6) is 2.29. The zero-order chi connectivity index (χ0) is 22.2. The molecule has 32 heavy (non-hydrogen) atoms. The zero-order valence-corrected chi connectivity index (χ0v) is 19.3. The van der Waals surface area contributed by atoms with Crippen molar-refractivity contribution in [3.63, 3.8) is 0 Å². The predicted molar refractivity (Wildman–Crippen MR) is 126 cm³/mol. The minimum Gasteiger partial charge on any atom is -0.367 e. The van der Waals surface area contributed by atoms with E-state index in [1.54, 1.807) is 4.68 Å². The first-order valence-corrected chi connectivity index (χ1v) is 11.9. The Morgan fingerprint density at radius 2 is 1.78 bits per heavy atom. The molecule has 0 spiro atoms. The molecule has 2 heterocycles. The van der Waals surface area contributed by atoms with Crippen molar-refractivity contribution in [2.75, 3.05) is 5.32 Å². The maximum atomic E-state index is 12.1. The number of halogens is 1. The monoisotopic (exact) mass is 452 g/mol. The normalized spacial score (nSPS) is 21.1. The van der Waals surface area contributed by atoms with Gasteiger partial charge in [0.1, 0.15) is 11.6 Å². The van der Waals surface area contributed by atoms with Crippen molar-refractivity contribution in [2.45, 2.75) is 70.4 Å². The van der Waals surface area contributed by atoms with Crippen molar-refractivity contribution in [3.8, 4) is 5.69 Å². The number of carbonyl (C=O) groups is 1. The fourth-order valence-electron chi connectivity index (χ4n) is 4.33. The van der Waals surface area contributed by atoms with Gasteiger partial charge in [-0.3, -0.25) is 4.79 Å². The summed E-state index contributed by atoms with van der Waals surface area (Å²) >= 11 is 6.44. The SMILES string of the molecule is CC(C)c1nc(NC2CCC(NC(=O)C3CC3)CC2)c2cnn(-c3ccccc3Cl)c2n1. The van der Waals surface area contributed by atoms with E-state index in [-0.39, 0.29) is 17.7 Å². The highest BCUT2D eigenvalue weighted by atomic mass is 35.5. The number of nitrogens with zero attached hydrogens (tertiary/aromatic N) is 4. The maximum Gasteiger partial charge on any atom is 0.223 e. The summed E-state index contributed by atoms with van der Waals surface area (Å²) in [4.78, 5) is 21.7. The molecule has 2 aliphatic rings. The van der Waals surface area contributed by atoms with Crippen molar-refractivity contribution in [1.29, 1.82) is 0 Å². The Bertz CT molecular complexity index is 1130. The van der Waals surface area contributed by atoms with Crippen LogP contribution in [0.5, 0.6) is 0 Å². The van der Waals surface area contributed by atoms with Gasteiger partial charge in [0.05, 0.1) is 22.3 Å². The van der Waals surface area contributed by atoms with Crippen LogP contribution in [0.2, 0.25) is 5.02 Å². The van der Waals surface area contributed by atoms with Gasteiger partial charge < -0.3 is 10.6 Å². The quantitative estimate of drug-likeness (QED) is 0.558. The number of anilines is 1. The van der Waals surface area contributed by atoms with Crippen molar-refractivity contribution >= 4 is 34.4 Å². The second kappa shape index (κ2) is 8.70. The Morgan fingerprint density at radius 1 is 1.06 bits per heavy atom. The number of benzene rings is 1. The lowest BCUT2D eigenvalue weighted by molar-refractivity contribution is -0.123. The first-order valence-electron chi connectivity index (χ1n) is 11.6. The van der Waals surface area contributed by atoms with Crippen LogP contribution in [0.15, 0.2) is 30.5 Å². The molecular weight excluding hydrogens is 424 g/mol. The lowest BCUT2D eigenvalue weighted by Crippen LogP contribution is -2.40. The Labute approximate surface area is 193 Å². The van der Waals surface area contributed by atoms with E-state index >= 15 is 0 Å². The standard InChI is InChI=1S/C24H29ClN6O/c1-14(2)21-29-22(27-16-9-11-17(12-10-16)28-24(32)15-7-8-15)18-13-26-31(23(18)30-21)20-6-4-3-5-19(20)25/h3-6,13-17H,7-12H2,1-2H3,(H,28,32)(H,27,29,30). The summed E-state index contributed by atoms with van der Waals surface area (Å²) in [5.41, 5.74) is 1.56. The number of para-hydroxylation sites is 1. The van der Waals surface area contributed by atoms with Gasteiger partial charge in [-0.1, -0.05) is 37.6 Å². The second-order valence-electron chi connectivity index (χ2n) is 9.31. The number of fused-ring (bicyclic) bond motifs is 1. The Kier molecular flexibility index (Phi) is 5.76. The number of nitrogens with one attached hydrogen (secondary N) is 2. The van der Waals surface area contributed by atoms with Crippen LogP contribution in [0.3, 0.4) is 0 Å². The minimum atomic E-state index is 0.183. The fourth-order valence-corrected chi connectivity index (χ4v) is 4.55. The topological polar surface area (TPSA) is 84.7 Å². The third-order valence-electron chi connectivity index (χ3n) is 6.41. The van der Waals surface area contributed by atoms with E-state index in [9.17, 15) is 4.79 Å². The second-order valence-corrected chi connectivity index (χ2v) is 9.71. The fraction of sp³-hybridized carbons (Fsp3) is 0.500. The summed E-state index contributed by atoms with van der Waals surface area (Å²) < 4.78 is 1.79. The molecule has 2 aromatic heterocycles. The lowest BCUT2D eigenvalue weighted by atomic mass is 9.91. The lowest BCUT2D eigenvalue weighted by Gasteiger charge is -2.30. The molecule has 5 rings (SSSR count). The number of hydrogen-bond acceptors (Lipinski definition) is 5. The van der Waals surface area contributed by atoms with E-state index in [0.29, 0.717) is 17.1 Å². The Hall–Kier alpha value is -2.67. The Balaban J connectivity index is 1.38. The van der Waals surface area contributed by atoms with Gasteiger partial charge in [0.25, 0.3) is 0 Å². The molecule has 1 amide bonds. The largest absolute Gasteiger partial charge is 0.367 e. The maximum absolute atomic E-state index is 12.1. The number of amides is 1. The molecule has 0 atom stereocenters. The van der Waals surface area contributed by atoms with E-state index < -0.39 is 0 Å². The first kappa shape index (κ1) is 21.2. The summed E-state index contributed by atoms with van der Waals surface area (Å²) in [7, 11) is 0. The molecule has 0 unspecified atom stereocenters. The molecule has 2 N–H and O–H groups in total. The van der Waals surface area contributed by atoms with Crippen molar-refractivity contribution in [2.24, 2.45) is 5.92 Å². The van der Waals surface area contributed by atoms with E-state index in [4.69, 9.17) is 21.6 Å². The molecule has 2 saturated carbocycles. The zero-order valence-electron chi connectivity index (χ0n) is 18.5. The van der Waals surface area contributed by atoms with E-state index in [0.717, 1.165) is 66.9 Å². The van der Waals surface area contributed by atoms with Crippen molar-refractivity contribution < 1.29 is 4.79 Å². The summed E-state index contributed by atoms with van der Waals surface area (Å²) in [6, 6.07) is 8.25. The summed E-state index contributed by atoms with van der Waals surface area (Å²) in [6.45, 7) is 4.18. The highest BCUT2D eigenvalue weighted by molar-refractivity contribution is 6.32. The molecule has 2 aliphatic carbocycles. The molecule has 3 aromatic rings. The molecule has 0 aliphatic heterocycles. The van der Waals surface area contributed by atoms with E-state index in [1.165, 1.54) is 0 Å². The van der Waals surface area contributed by atoms with Crippen LogP contribution in [0.25, 0.3) is 16.7 Å². The smallest absolute Gasteiger partial charge is 0.223 e. The van der Waals surface area contributed by atoms with Gasteiger partial charge in [-0.15, -0.1) is 0 Å².